The Hall–Kier alpha value is -1.26. The highest BCUT2D eigenvalue weighted by Gasteiger charge is 2.57. The standard InChI is InChI=1S/C24H32N2OS/c1-23-10-7-18(27)13-17(23)3-4-19-20-5-6-22(24(20,2)11-8-21(19)23)26-25-14-16-9-12-28-15-16/h3,9,12,14-15,18-21,27H,4-8,10-11,13H2,1-2H3/b25-14+,26-22+/t18-,19-,20-,21-,23-,24-/m0/s1. The van der Waals surface area contributed by atoms with Crippen LogP contribution >= 0.6 is 11.3 Å². The Morgan fingerprint density at radius 1 is 1.14 bits per heavy atom. The summed E-state index contributed by atoms with van der Waals surface area (Å²) in [5.41, 5.74) is 4.59. The summed E-state index contributed by atoms with van der Waals surface area (Å²) in [6, 6.07) is 2.09. The van der Waals surface area contributed by atoms with Crippen molar-refractivity contribution >= 4 is 23.3 Å². The van der Waals surface area contributed by atoms with Gasteiger partial charge in [-0.3, -0.25) is 0 Å². The van der Waals surface area contributed by atoms with Crippen LogP contribution in [0.15, 0.2) is 38.7 Å². The first-order chi connectivity index (χ1) is 13.5. The number of thiophene rings is 1. The second kappa shape index (κ2) is 6.91. The highest BCUT2D eigenvalue weighted by Crippen LogP contribution is 2.64. The van der Waals surface area contributed by atoms with Crippen molar-refractivity contribution in [3.8, 4) is 0 Å². The van der Waals surface area contributed by atoms with Crippen molar-refractivity contribution in [1.29, 1.82) is 0 Å². The summed E-state index contributed by atoms with van der Waals surface area (Å²) in [7, 11) is 0. The number of aliphatic hydroxyl groups is 1. The van der Waals surface area contributed by atoms with Crippen LogP contribution in [0.25, 0.3) is 0 Å². The lowest BCUT2D eigenvalue weighted by atomic mass is 9.48. The van der Waals surface area contributed by atoms with Crippen LogP contribution in [-0.2, 0) is 0 Å². The van der Waals surface area contributed by atoms with Gasteiger partial charge in [-0.25, -0.2) is 0 Å². The zero-order valence-corrected chi connectivity index (χ0v) is 17.9. The van der Waals surface area contributed by atoms with Crippen LogP contribution in [0, 0.1) is 28.6 Å². The van der Waals surface area contributed by atoms with E-state index in [-0.39, 0.29) is 11.5 Å². The van der Waals surface area contributed by atoms with Crippen molar-refractivity contribution in [2.45, 2.75) is 71.3 Å². The second-order valence-corrected chi connectivity index (χ2v) is 10.8. The number of allylic oxidation sites excluding steroid dienone is 1. The average Bonchev–Trinajstić information content (AvgIpc) is 3.30. The zero-order chi connectivity index (χ0) is 19.4. The average molecular weight is 397 g/mol. The van der Waals surface area contributed by atoms with Gasteiger partial charge in [0.25, 0.3) is 0 Å². The van der Waals surface area contributed by atoms with Crippen LogP contribution in [-0.4, -0.2) is 23.1 Å². The molecular weight excluding hydrogens is 364 g/mol. The fraction of sp³-hybridized carbons (Fsp3) is 0.667. The van der Waals surface area contributed by atoms with E-state index in [1.807, 2.05) is 6.21 Å². The third kappa shape index (κ3) is 2.87. The lowest BCUT2D eigenvalue weighted by Gasteiger charge is -2.57. The van der Waals surface area contributed by atoms with Crippen molar-refractivity contribution in [1.82, 2.24) is 0 Å². The maximum Gasteiger partial charge on any atom is 0.0577 e. The van der Waals surface area contributed by atoms with E-state index in [1.54, 1.807) is 16.9 Å². The first-order valence-corrected chi connectivity index (χ1v) is 11.9. The van der Waals surface area contributed by atoms with Gasteiger partial charge in [-0.15, -0.1) is 0 Å². The normalized spacial score (nSPS) is 44.2. The van der Waals surface area contributed by atoms with Gasteiger partial charge in [0.2, 0.25) is 0 Å². The highest BCUT2D eigenvalue weighted by molar-refractivity contribution is 7.08. The molecule has 4 aliphatic rings. The number of fused-ring (bicyclic) bond motifs is 5. The molecule has 3 nitrogen and oxygen atoms in total. The molecular formula is C24H32N2OS. The van der Waals surface area contributed by atoms with Gasteiger partial charge in [-0.05, 0) is 91.4 Å². The summed E-state index contributed by atoms with van der Waals surface area (Å²) in [6.07, 6.45) is 13.5. The fourth-order valence-electron chi connectivity index (χ4n) is 7.11. The van der Waals surface area contributed by atoms with Gasteiger partial charge in [0.15, 0.2) is 0 Å². The Morgan fingerprint density at radius 3 is 2.79 bits per heavy atom. The molecule has 5 rings (SSSR count). The van der Waals surface area contributed by atoms with E-state index in [1.165, 1.54) is 31.4 Å². The van der Waals surface area contributed by atoms with Crippen LogP contribution < -0.4 is 0 Å². The molecule has 0 aromatic carbocycles. The molecule has 1 aromatic heterocycles. The molecule has 4 aliphatic carbocycles. The summed E-state index contributed by atoms with van der Waals surface area (Å²) in [4.78, 5) is 0. The topological polar surface area (TPSA) is 45.0 Å². The van der Waals surface area contributed by atoms with Gasteiger partial charge >= 0.3 is 0 Å². The Bertz CT molecular complexity index is 826. The van der Waals surface area contributed by atoms with Crippen molar-refractivity contribution in [3.05, 3.63) is 34.0 Å². The molecule has 1 aromatic rings. The molecule has 28 heavy (non-hydrogen) atoms. The van der Waals surface area contributed by atoms with Gasteiger partial charge in [0, 0.05) is 16.7 Å². The molecule has 0 aliphatic heterocycles. The van der Waals surface area contributed by atoms with Crippen LogP contribution in [0.2, 0.25) is 0 Å². The Kier molecular flexibility index (Phi) is 4.63. The van der Waals surface area contributed by atoms with Crippen LogP contribution in [0.3, 0.4) is 0 Å². The molecule has 150 valence electrons. The molecule has 3 fully saturated rings. The number of hydrogen-bond acceptors (Lipinski definition) is 4. The van der Waals surface area contributed by atoms with Gasteiger partial charge in [-0.1, -0.05) is 25.5 Å². The lowest BCUT2D eigenvalue weighted by molar-refractivity contribution is -0.0209. The third-order valence-electron chi connectivity index (χ3n) is 8.75. The monoisotopic (exact) mass is 396 g/mol. The maximum absolute atomic E-state index is 10.2. The largest absolute Gasteiger partial charge is 0.393 e. The smallest absolute Gasteiger partial charge is 0.0577 e. The molecule has 0 spiro atoms. The minimum Gasteiger partial charge on any atom is -0.393 e. The molecule has 0 amide bonds. The van der Waals surface area contributed by atoms with Gasteiger partial charge in [0.1, 0.15) is 0 Å². The molecule has 4 heteroatoms. The predicted molar refractivity (Wildman–Crippen MR) is 117 cm³/mol. The molecule has 1 N–H and O–H groups in total. The van der Waals surface area contributed by atoms with Crippen molar-refractivity contribution in [3.63, 3.8) is 0 Å². The van der Waals surface area contributed by atoms with Crippen molar-refractivity contribution in [2.75, 3.05) is 0 Å². The first kappa shape index (κ1) is 18.7. The minimum absolute atomic E-state index is 0.115. The number of hydrogen-bond donors (Lipinski definition) is 1. The Labute approximate surface area is 172 Å². The summed E-state index contributed by atoms with van der Waals surface area (Å²) in [6.45, 7) is 4.96. The summed E-state index contributed by atoms with van der Waals surface area (Å²) < 4.78 is 0. The number of nitrogens with zero attached hydrogens (tertiary/aromatic N) is 2. The number of aliphatic hydroxyl groups excluding tert-OH is 1. The van der Waals surface area contributed by atoms with E-state index in [9.17, 15) is 5.11 Å². The number of rotatable bonds is 2. The Morgan fingerprint density at radius 2 is 1.96 bits per heavy atom. The van der Waals surface area contributed by atoms with Gasteiger partial charge in [0.05, 0.1) is 12.3 Å². The lowest BCUT2D eigenvalue weighted by Crippen LogP contribution is -2.50. The molecule has 0 unspecified atom stereocenters. The van der Waals surface area contributed by atoms with E-state index < -0.39 is 0 Å². The SMILES string of the molecule is C[C@]12CC[C@H](O)CC1=CC[C@@H]1[C@@H]2CC[C@]2(C)/C(=N/N=C/c3ccsc3)CC[C@@H]12. The van der Waals surface area contributed by atoms with E-state index in [0.29, 0.717) is 5.41 Å². The van der Waals surface area contributed by atoms with Gasteiger partial charge in [-0.2, -0.15) is 21.5 Å². The van der Waals surface area contributed by atoms with E-state index >= 15 is 0 Å². The Balaban J connectivity index is 1.39. The highest BCUT2D eigenvalue weighted by atomic mass is 32.1. The summed E-state index contributed by atoms with van der Waals surface area (Å²) in [5, 5.41) is 23.6. The van der Waals surface area contributed by atoms with Crippen molar-refractivity contribution in [2.24, 2.45) is 38.8 Å². The molecule has 0 bridgehead atoms. The van der Waals surface area contributed by atoms with Gasteiger partial charge < -0.3 is 5.11 Å². The van der Waals surface area contributed by atoms with Crippen LogP contribution in [0.4, 0.5) is 0 Å². The van der Waals surface area contributed by atoms with E-state index in [4.69, 9.17) is 5.10 Å². The summed E-state index contributed by atoms with van der Waals surface area (Å²) >= 11 is 1.70. The first-order valence-electron chi connectivity index (χ1n) is 11.0. The second-order valence-electron chi connectivity index (χ2n) is 10.00. The van der Waals surface area contributed by atoms with Crippen LogP contribution in [0.1, 0.15) is 70.8 Å². The van der Waals surface area contributed by atoms with Crippen LogP contribution in [0.5, 0.6) is 0 Å². The predicted octanol–water partition coefficient (Wildman–Crippen LogP) is 5.85. The fourth-order valence-corrected chi connectivity index (χ4v) is 7.72. The molecule has 1 heterocycles. The quantitative estimate of drug-likeness (QED) is 0.380. The van der Waals surface area contributed by atoms with E-state index in [2.05, 4.69) is 41.9 Å². The van der Waals surface area contributed by atoms with Crippen molar-refractivity contribution < 1.29 is 5.11 Å². The van der Waals surface area contributed by atoms with E-state index in [0.717, 1.165) is 49.0 Å². The molecule has 3 saturated carbocycles. The summed E-state index contributed by atoms with van der Waals surface area (Å²) in [5.74, 6) is 2.30. The molecule has 0 saturated heterocycles. The third-order valence-corrected chi connectivity index (χ3v) is 9.45. The maximum atomic E-state index is 10.2. The zero-order valence-electron chi connectivity index (χ0n) is 17.1. The minimum atomic E-state index is -0.115. The molecule has 0 radical (unpaired) electrons. The molecule has 6 atom stereocenters.